The summed E-state index contributed by atoms with van der Waals surface area (Å²) in [4.78, 5) is 33.3. The lowest BCUT2D eigenvalue weighted by atomic mass is 10.1. The quantitative estimate of drug-likeness (QED) is 0.833. The molecule has 1 aliphatic rings. The molecule has 0 radical (unpaired) electrons. The van der Waals surface area contributed by atoms with Gasteiger partial charge in [-0.15, -0.1) is 0 Å². The molecule has 1 fully saturated rings. The van der Waals surface area contributed by atoms with Crippen LogP contribution in [0.15, 0.2) is 42.9 Å². The maximum absolute atomic E-state index is 12.0. The van der Waals surface area contributed by atoms with E-state index in [1.807, 2.05) is 12.1 Å². The Morgan fingerprint density at radius 2 is 2.25 bits per heavy atom. The summed E-state index contributed by atoms with van der Waals surface area (Å²) in [6.07, 6.45) is 3.62. The van der Waals surface area contributed by atoms with E-state index in [0.29, 0.717) is 5.69 Å². The second-order valence-electron chi connectivity index (χ2n) is 5.23. The molecular weight excluding hydrogens is 312 g/mol. The minimum atomic E-state index is -1.02. The number of hydrogen-bond donors (Lipinski definition) is 1. The van der Waals surface area contributed by atoms with Crippen molar-refractivity contribution in [2.45, 2.75) is 12.1 Å². The highest BCUT2D eigenvalue weighted by molar-refractivity contribution is 5.90. The van der Waals surface area contributed by atoms with Crippen LogP contribution >= 0.6 is 0 Å². The van der Waals surface area contributed by atoms with Gasteiger partial charge in [0.1, 0.15) is 12.1 Å². The molecular formula is C16H16N4O4. The molecule has 2 atom stereocenters. The van der Waals surface area contributed by atoms with Crippen LogP contribution in [0, 0.1) is 0 Å². The van der Waals surface area contributed by atoms with Gasteiger partial charge in [-0.05, 0) is 24.3 Å². The van der Waals surface area contributed by atoms with Crippen LogP contribution in [0.5, 0.6) is 0 Å². The summed E-state index contributed by atoms with van der Waals surface area (Å²) in [5, 5.41) is 0. The van der Waals surface area contributed by atoms with Gasteiger partial charge in [-0.3, -0.25) is 19.7 Å². The Bertz CT molecular complexity index is 736. The summed E-state index contributed by atoms with van der Waals surface area (Å²) in [7, 11) is 1.23. The Balaban J connectivity index is 1.75. The standard InChI is InChI=1S/C16H16N4O4/c1-23-15(21)14(17)13-9-20(16(22)24-13)11-4-5-12(19-8-11)10-3-2-6-18-7-10/h2-8,13-14H,9,17H2,1H3/t13-,14?/m0/s1. The maximum atomic E-state index is 12.0. The fraction of sp³-hybridized carbons (Fsp3) is 0.250. The lowest BCUT2D eigenvalue weighted by molar-refractivity contribution is -0.144. The Kier molecular flexibility index (Phi) is 4.39. The summed E-state index contributed by atoms with van der Waals surface area (Å²) in [5.74, 6) is -0.625. The van der Waals surface area contributed by atoms with Crippen LogP contribution in [0.1, 0.15) is 0 Å². The van der Waals surface area contributed by atoms with Gasteiger partial charge in [0.25, 0.3) is 0 Å². The first-order chi connectivity index (χ1) is 11.6. The van der Waals surface area contributed by atoms with Gasteiger partial charge in [-0.1, -0.05) is 0 Å². The third kappa shape index (κ3) is 3.04. The summed E-state index contributed by atoms with van der Waals surface area (Å²) in [5.41, 5.74) is 7.91. The fourth-order valence-corrected chi connectivity index (χ4v) is 2.40. The average molecular weight is 328 g/mol. The highest BCUT2D eigenvalue weighted by Gasteiger charge is 2.39. The molecule has 3 heterocycles. The number of nitrogens with zero attached hydrogens (tertiary/aromatic N) is 3. The van der Waals surface area contributed by atoms with Crippen molar-refractivity contribution in [1.29, 1.82) is 0 Å². The van der Waals surface area contributed by atoms with E-state index >= 15 is 0 Å². The Morgan fingerprint density at radius 3 is 2.88 bits per heavy atom. The zero-order valence-electron chi connectivity index (χ0n) is 13.0. The summed E-state index contributed by atoms with van der Waals surface area (Å²) in [6, 6.07) is 6.23. The zero-order valence-corrected chi connectivity index (χ0v) is 13.0. The third-order valence-corrected chi connectivity index (χ3v) is 3.73. The van der Waals surface area contributed by atoms with Gasteiger partial charge < -0.3 is 15.2 Å². The molecule has 8 nitrogen and oxygen atoms in total. The van der Waals surface area contributed by atoms with E-state index < -0.39 is 24.2 Å². The number of cyclic esters (lactones) is 1. The highest BCUT2D eigenvalue weighted by atomic mass is 16.6. The smallest absolute Gasteiger partial charge is 0.414 e. The van der Waals surface area contributed by atoms with Gasteiger partial charge >= 0.3 is 12.1 Å². The Morgan fingerprint density at radius 1 is 1.42 bits per heavy atom. The van der Waals surface area contributed by atoms with Gasteiger partial charge in [-0.2, -0.15) is 0 Å². The number of nitrogens with two attached hydrogens (primary N) is 1. The predicted molar refractivity (Wildman–Crippen MR) is 85.1 cm³/mol. The van der Waals surface area contributed by atoms with E-state index in [1.165, 1.54) is 12.0 Å². The molecule has 1 unspecified atom stereocenters. The Hall–Kier alpha value is -3.00. The minimum Gasteiger partial charge on any atom is -0.468 e. The van der Waals surface area contributed by atoms with Crippen molar-refractivity contribution in [2.24, 2.45) is 5.73 Å². The van der Waals surface area contributed by atoms with E-state index in [0.717, 1.165) is 11.3 Å². The van der Waals surface area contributed by atoms with Crippen molar-refractivity contribution in [3.63, 3.8) is 0 Å². The first-order valence-corrected chi connectivity index (χ1v) is 7.28. The summed E-state index contributed by atoms with van der Waals surface area (Å²) in [6.45, 7) is 0.156. The number of hydrogen-bond acceptors (Lipinski definition) is 7. The second kappa shape index (κ2) is 6.63. The van der Waals surface area contributed by atoms with Gasteiger partial charge in [0.05, 0.1) is 31.2 Å². The molecule has 0 bridgehead atoms. The molecule has 1 amide bonds. The molecule has 2 aromatic rings. The van der Waals surface area contributed by atoms with Gasteiger partial charge in [0.2, 0.25) is 0 Å². The topological polar surface area (TPSA) is 108 Å². The molecule has 0 spiro atoms. The van der Waals surface area contributed by atoms with Crippen molar-refractivity contribution in [3.8, 4) is 11.3 Å². The minimum absolute atomic E-state index is 0.156. The zero-order chi connectivity index (χ0) is 17.1. The summed E-state index contributed by atoms with van der Waals surface area (Å²) < 4.78 is 9.72. The van der Waals surface area contributed by atoms with E-state index in [1.54, 1.807) is 30.7 Å². The molecule has 124 valence electrons. The molecule has 3 rings (SSSR count). The van der Waals surface area contributed by atoms with Crippen molar-refractivity contribution in [1.82, 2.24) is 9.97 Å². The Labute approximate surface area is 138 Å². The number of aromatic nitrogens is 2. The molecule has 0 aromatic carbocycles. The van der Waals surface area contributed by atoms with E-state index in [4.69, 9.17) is 10.5 Å². The van der Waals surface area contributed by atoms with Crippen LogP contribution in [-0.4, -0.2) is 47.8 Å². The largest absolute Gasteiger partial charge is 0.468 e. The third-order valence-electron chi connectivity index (χ3n) is 3.73. The molecule has 1 saturated heterocycles. The molecule has 24 heavy (non-hydrogen) atoms. The van der Waals surface area contributed by atoms with Gasteiger partial charge in [0, 0.05) is 18.0 Å². The lowest BCUT2D eigenvalue weighted by Crippen LogP contribution is -2.44. The van der Waals surface area contributed by atoms with Gasteiger partial charge in [-0.25, -0.2) is 4.79 Å². The number of carbonyl (C=O) groups excluding carboxylic acids is 2. The molecule has 1 aliphatic heterocycles. The van der Waals surface area contributed by atoms with Crippen LogP contribution in [0.25, 0.3) is 11.3 Å². The first kappa shape index (κ1) is 15.9. The van der Waals surface area contributed by atoms with Crippen LogP contribution in [-0.2, 0) is 14.3 Å². The normalized spacial score (nSPS) is 18.2. The number of esters is 1. The predicted octanol–water partition coefficient (Wildman–Crippen LogP) is 0.969. The fourth-order valence-electron chi connectivity index (χ4n) is 2.40. The van der Waals surface area contributed by atoms with Crippen molar-refractivity contribution < 1.29 is 19.1 Å². The number of methoxy groups -OCH3 is 1. The number of ether oxygens (including phenoxy) is 2. The number of carbonyl (C=O) groups is 2. The van der Waals surface area contributed by atoms with Crippen molar-refractivity contribution >= 4 is 17.7 Å². The number of rotatable bonds is 4. The van der Waals surface area contributed by atoms with E-state index in [9.17, 15) is 9.59 Å². The van der Waals surface area contributed by atoms with Crippen LogP contribution in [0.4, 0.5) is 10.5 Å². The van der Waals surface area contributed by atoms with Crippen molar-refractivity contribution in [3.05, 3.63) is 42.9 Å². The lowest BCUT2D eigenvalue weighted by Gasteiger charge is -2.15. The highest BCUT2D eigenvalue weighted by Crippen LogP contribution is 2.24. The van der Waals surface area contributed by atoms with Crippen LogP contribution in [0.2, 0.25) is 0 Å². The number of amides is 1. The molecule has 2 aromatic heterocycles. The SMILES string of the molecule is COC(=O)C(N)[C@@H]1CN(c2ccc(-c3cccnc3)nc2)C(=O)O1. The molecule has 0 aliphatic carbocycles. The second-order valence-corrected chi connectivity index (χ2v) is 5.23. The monoisotopic (exact) mass is 328 g/mol. The number of anilines is 1. The molecule has 8 heteroatoms. The van der Waals surface area contributed by atoms with Crippen LogP contribution < -0.4 is 10.6 Å². The van der Waals surface area contributed by atoms with Gasteiger partial charge in [0.15, 0.2) is 0 Å². The van der Waals surface area contributed by atoms with Crippen LogP contribution in [0.3, 0.4) is 0 Å². The number of pyridine rings is 2. The molecule has 0 saturated carbocycles. The van der Waals surface area contributed by atoms with E-state index in [2.05, 4.69) is 14.7 Å². The van der Waals surface area contributed by atoms with E-state index in [-0.39, 0.29) is 6.54 Å². The first-order valence-electron chi connectivity index (χ1n) is 7.28. The van der Waals surface area contributed by atoms with Crippen molar-refractivity contribution in [2.75, 3.05) is 18.6 Å². The summed E-state index contributed by atoms with van der Waals surface area (Å²) >= 11 is 0. The maximum Gasteiger partial charge on any atom is 0.414 e. The average Bonchev–Trinajstić information content (AvgIpc) is 3.03. The molecule has 2 N–H and O–H groups in total.